The minimum Gasteiger partial charge on any atom is -0.481 e. The number of aromatic nitrogens is 2. The van der Waals surface area contributed by atoms with Crippen LogP contribution in [0.4, 0.5) is 0 Å². The Kier molecular flexibility index (Phi) is 5.93. The van der Waals surface area contributed by atoms with E-state index in [1.165, 1.54) is 0 Å². The van der Waals surface area contributed by atoms with Gasteiger partial charge < -0.3 is 15.4 Å². The first kappa shape index (κ1) is 17.2. The molecule has 0 saturated heterocycles. The maximum absolute atomic E-state index is 10.6. The molecule has 3 N–H and O–H groups in total. The number of carboxylic acids is 1. The van der Waals surface area contributed by atoms with Gasteiger partial charge in [0.15, 0.2) is 0 Å². The van der Waals surface area contributed by atoms with Crippen LogP contribution < -0.4 is 5.73 Å². The maximum Gasteiger partial charge on any atom is 0.303 e. The van der Waals surface area contributed by atoms with Crippen molar-refractivity contribution in [2.24, 2.45) is 5.73 Å². The molecule has 0 aliphatic heterocycles. The molecule has 0 unspecified atom stereocenters. The summed E-state index contributed by atoms with van der Waals surface area (Å²) in [5, 5.41) is 8.69. The molecule has 1 atom stereocenters. The van der Waals surface area contributed by atoms with Crippen LogP contribution in [-0.2, 0) is 24.2 Å². The van der Waals surface area contributed by atoms with Crippen molar-refractivity contribution in [2.75, 3.05) is 0 Å². The molecule has 0 saturated carbocycles. The molecule has 0 aliphatic rings. The molecule has 2 rings (SSSR count). The third-order valence-electron chi connectivity index (χ3n) is 3.99. The second-order valence-electron chi connectivity index (χ2n) is 5.78. The molecular formula is C18H25N3O2. The first-order chi connectivity index (χ1) is 11.0. The lowest BCUT2D eigenvalue weighted by Gasteiger charge is -2.10. The topological polar surface area (TPSA) is 81.1 Å². The van der Waals surface area contributed by atoms with Crippen LogP contribution >= 0.6 is 0 Å². The van der Waals surface area contributed by atoms with E-state index in [0.717, 1.165) is 35.6 Å². The van der Waals surface area contributed by atoms with Crippen LogP contribution in [0.5, 0.6) is 0 Å². The van der Waals surface area contributed by atoms with Crippen LogP contribution in [0, 0.1) is 0 Å². The Morgan fingerprint density at radius 1 is 1.30 bits per heavy atom. The molecule has 5 heteroatoms. The zero-order valence-corrected chi connectivity index (χ0v) is 13.8. The fraction of sp³-hybridized carbons (Fsp3) is 0.444. The van der Waals surface area contributed by atoms with Crippen molar-refractivity contribution in [1.29, 1.82) is 0 Å². The summed E-state index contributed by atoms with van der Waals surface area (Å²) in [4.78, 5) is 15.3. The highest BCUT2D eigenvalue weighted by Crippen LogP contribution is 2.20. The number of carbonyl (C=O) groups is 1. The van der Waals surface area contributed by atoms with Gasteiger partial charge in [0, 0.05) is 37.2 Å². The zero-order valence-electron chi connectivity index (χ0n) is 13.8. The number of rotatable bonds is 8. The average molecular weight is 315 g/mol. The summed E-state index contributed by atoms with van der Waals surface area (Å²) in [7, 11) is 0. The van der Waals surface area contributed by atoms with E-state index in [2.05, 4.69) is 41.7 Å². The van der Waals surface area contributed by atoms with Gasteiger partial charge >= 0.3 is 5.97 Å². The number of carboxylic acid groups (broad SMARTS) is 1. The van der Waals surface area contributed by atoms with Gasteiger partial charge in [0.05, 0.1) is 5.69 Å². The van der Waals surface area contributed by atoms with Crippen molar-refractivity contribution in [3.05, 3.63) is 41.9 Å². The van der Waals surface area contributed by atoms with Crippen LogP contribution in [0.3, 0.4) is 0 Å². The number of hydrogen-bond acceptors (Lipinski definition) is 3. The predicted octanol–water partition coefficient (Wildman–Crippen LogP) is 2.87. The highest BCUT2D eigenvalue weighted by Gasteiger charge is 2.09. The molecule has 1 aromatic carbocycles. The van der Waals surface area contributed by atoms with E-state index in [4.69, 9.17) is 10.8 Å². The lowest BCUT2D eigenvalue weighted by Crippen LogP contribution is -2.23. The Hall–Kier alpha value is -2.14. The highest BCUT2D eigenvalue weighted by atomic mass is 16.4. The largest absolute Gasteiger partial charge is 0.481 e. The molecular weight excluding hydrogens is 290 g/mol. The molecule has 0 radical (unpaired) electrons. The first-order valence-electron chi connectivity index (χ1n) is 8.16. The summed E-state index contributed by atoms with van der Waals surface area (Å²) in [6, 6.07) is 8.09. The van der Waals surface area contributed by atoms with E-state index < -0.39 is 5.97 Å². The molecule has 0 bridgehead atoms. The lowest BCUT2D eigenvalue weighted by atomic mass is 10.0. The quantitative estimate of drug-likeness (QED) is 0.785. The number of nitrogens with two attached hydrogens (primary N) is 1. The van der Waals surface area contributed by atoms with Gasteiger partial charge in [-0.2, -0.15) is 0 Å². The molecule has 23 heavy (non-hydrogen) atoms. The minimum absolute atomic E-state index is 0.119. The molecule has 124 valence electrons. The Labute approximate surface area is 137 Å². The second-order valence-corrected chi connectivity index (χ2v) is 5.78. The van der Waals surface area contributed by atoms with Crippen molar-refractivity contribution in [1.82, 2.24) is 9.55 Å². The van der Waals surface area contributed by atoms with Crippen molar-refractivity contribution in [3.63, 3.8) is 0 Å². The monoisotopic (exact) mass is 315 g/mol. The van der Waals surface area contributed by atoms with Gasteiger partial charge in [-0.05, 0) is 25.3 Å². The number of benzene rings is 1. The summed E-state index contributed by atoms with van der Waals surface area (Å²) in [5.41, 5.74) is 9.19. The fourth-order valence-corrected chi connectivity index (χ4v) is 2.67. The van der Waals surface area contributed by atoms with Crippen LogP contribution in [0.1, 0.15) is 38.1 Å². The van der Waals surface area contributed by atoms with E-state index >= 15 is 0 Å². The summed E-state index contributed by atoms with van der Waals surface area (Å²) in [6.45, 7) is 5.15. The lowest BCUT2D eigenvalue weighted by molar-refractivity contribution is -0.137. The maximum atomic E-state index is 10.6. The third kappa shape index (κ3) is 4.66. The van der Waals surface area contributed by atoms with Gasteiger partial charge in [-0.3, -0.25) is 4.79 Å². The first-order valence-corrected chi connectivity index (χ1v) is 8.16. The van der Waals surface area contributed by atoms with Crippen molar-refractivity contribution in [3.8, 4) is 11.3 Å². The van der Waals surface area contributed by atoms with Gasteiger partial charge in [0.25, 0.3) is 0 Å². The molecule has 0 spiro atoms. The molecule has 0 aliphatic carbocycles. The third-order valence-corrected chi connectivity index (χ3v) is 3.99. The van der Waals surface area contributed by atoms with Gasteiger partial charge in [0.1, 0.15) is 5.82 Å². The molecule has 5 nitrogen and oxygen atoms in total. The Bertz CT molecular complexity index is 625. The SMILES string of the molecule is CCc1nc(-c2ccc(C[C@H](N)CCC(=O)O)cc2)cn1CC. The Morgan fingerprint density at radius 2 is 2.00 bits per heavy atom. The molecule has 2 aromatic rings. The highest BCUT2D eigenvalue weighted by molar-refractivity contribution is 5.66. The normalized spacial score (nSPS) is 12.3. The van der Waals surface area contributed by atoms with Crippen LogP contribution in [0.2, 0.25) is 0 Å². The summed E-state index contributed by atoms with van der Waals surface area (Å²) >= 11 is 0. The minimum atomic E-state index is -0.797. The summed E-state index contributed by atoms with van der Waals surface area (Å²) in [6.07, 6.45) is 4.32. The fourth-order valence-electron chi connectivity index (χ4n) is 2.67. The van der Waals surface area contributed by atoms with E-state index in [1.807, 2.05) is 12.1 Å². The number of aliphatic carboxylic acids is 1. The predicted molar refractivity (Wildman–Crippen MR) is 91.3 cm³/mol. The summed E-state index contributed by atoms with van der Waals surface area (Å²) in [5.74, 6) is 0.302. The van der Waals surface area contributed by atoms with Gasteiger partial charge in [-0.1, -0.05) is 31.2 Å². The van der Waals surface area contributed by atoms with Gasteiger partial charge in [0.2, 0.25) is 0 Å². The van der Waals surface area contributed by atoms with Crippen molar-refractivity contribution in [2.45, 2.75) is 52.1 Å². The van der Waals surface area contributed by atoms with Crippen LogP contribution in [0.25, 0.3) is 11.3 Å². The molecule has 0 fully saturated rings. The molecule has 1 aromatic heterocycles. The number of hydrogen-bond donors (Lipinski definition) is 2. The van der Waals surface area contributed by atoms with Crippen molar-refractivity contribution < 1.29 is 9.90 Å². The standard InChI is InChI=1S/C18H25N3O2/c1-3-17-20-16(12-21(17)4-2)14-7-5-13(6-8-14)11-15(19)9-10-18(22)23/h5-8,12,15H,3-4,9-11,19H2,1-2H3,(H,22,23)/t15-/m1/s1. The van der Waals surface area contributed by atoms with Gasteiger partial charge in [-0.25, -0.2) is 4.98 Å². The van der Waals surface area contributed by atoms with Crippen molar-refractivity contribution >= 4 is 5.97 Å². The number of aryl methyl sites for hydroxylation is 2. The Morgan fingerprint density at radius 3 is 2.52 bits per heavy atom. The molecule has 1 heterocycles. The van der Waals surface area contributed by atoms with E-state index in [0.29, 0.717) is 12.8 Å². The van der Waals surface area contributed by atoms with Crippen LogP contribution in [-0.4, -0.2) is 26.7 Å². The van der Waals surface area contributed by atoms with Crippen LogP contribution in [0.15, 0.2) is 30.5 Å². The van der Waals surface area contributed by atoms with E-state index in [1.54, 1.807) is 0 Å². The second kappa shape index (κ2) is 7.92. The smallest absolute Gasteiger partial charge is 0.303 e. The summed E-state index contributed by atoms with van der Waals surface area (Å²) < 4.78 is 2.17. The van der Waals surface area contributed by atoms with E-state index in [-0.39, 0.29) is 12.5 Å². The zero-order chi connectivity index (χ0) is 16.8. The Balaban J connectivity index is 2.04. The van der Waals surface area contributed by atoms with Gasteiger partial charge in [-0.15, -0.1) is 0 Å². The number of imidazole rings is 1. The average Bonchev–Trinajstić information content (AvgIpc) is 2.97. The van der Waals surface area contributed by atoms with E-state index in [9.17, 15) is 4.79 Å². The number of nitrogens with zero attached hydrogens (tertiary/aromatic N) is 2. The molecule has 0 amide bonds.